The third kappa shape index (κ3) is 3.24. The van der Waals surface area contributed by atoms with Gasteiger partial charge in [0.2, 0.25) is 16.0 Å². The Morgan fingerprint density at radius 1 is 1.18 bits per heavy atom. The molecule has 1 fully saturated rings. The normalized spacial score (nSPS) is 19.1. The number of ether oxygens (including phenoxy) is 1. The highest BCUT2D eigenvalue weighted by molar-refractivity contribution is 7.89. The Kier molecular flexibility index (Phi) is 4.06. The van der Waals surface area contributed by atoms with Crippen molar-refractivity contribution in [1.29, 1.82) is 0 Å². The van der Waals surface area contributed by atoms with Crippen molar-refractivity contribution in [1.82, 2.24) is 9.97 Å². The summed E-state index contributed by atoms with van der Waals surface area (Å²) in [5.74, 6) is 0.469. The third-order valence-corrected chi connectivity index (χ3v) is 4.33. The number of rotatable bonds is 3. The molecular weight excluding hydrogens is 304 g/mol. The van der Waals surface area contributed by atoms with Crippen LogP contribution in [0, 0.1) is 0 Å². The van der Waals surface area contributed by atoms with Crippen molar-refractivity contribution in [3.05, 3.63) is 48.3 Å². The lowest BCUT2D eigenvalue weighted by atomic mass is 10.1. The van der Waals surface area contributed by atoms with Crippen molar-refractivity contribution in [2.45, 2.75) is 11.0 Å². The van der Waals surface area contributed by atoms with Crippen LogP contribution in [0.4, 0.5) is 5.95 Å². The fraction of sp³-hybridized carbons (Fsp3) is 0.286. The van der Waals surface area contributed by atoms with E-state index in [0.717, 1.165) is 5.56 Å². The Balaban J connectivity index is 1.77. The maximum absolute atomic E-state index is 11.2. The quantitative estimate of drug-likeness (QED) is 0.894. The number of nitrogens with zero attached hydrogens (tertiary/aromatic N) is 3. The van der Waals surface area contributed by atoms with Crippen LogP contribution in [0.2, 0.25) is 0 Å². The zero-order valence-corrected chi connectivity index (χ0v) is 12.6. The van der Waals surface area contributed by atoms with Crippen molar-refractivity contribution in [2.75, 3.05) is 24.6 Å². The molecule has 1 saturated heterocycles. The van der Waals surface area contributed by atoms with Crippen LogP contribution in [0.15, 0.2) is 47.6 Å². The first-order valence-corrected chi connectivity index (χ1v) is 8.35. The fourth-order valence-electron chi connectivity index (χ4n) is 2.32. The van der Waals surface area contributed by atoms with Crippen LogP contribution in [0.1, 0.15) is 11.7 Å². The van der Waals surface area contributed by atoms with Crippen LogP contribution in [0.25, 0.3) is 0 Å². The summed E-state index contributed by atoms with van der Waals surface area (Å²) in [6, 6.07) is 9.92. The van der Waals surface area contributed by atoms with E-state index >= 15 is 0 Å². The van der Waals surface area contributed by atoms with Gasteiger partial charge in [-0.05, 0) is 5.56 Å². The van der Waals surface area contributed by atoms with Gasteiger partial charge in [-0.15, -0.1) is 0 Å². The number of primary sulfonamides is 1. The molecule has 1 aliphatic heterocycles. The van der Waals surface area contributed by atoms with Crippen LogP contribution in [-0.2, 0) is 14.8 Å². The maximum Gasteiger partial charge on any atom is 0.241 e. The second-order valence-electron chi connectivity index (χ2n) is 4.98. The molecule has 0 radical (unpaired) electrons. The van der Waals surface area contributed by atoms with Gasteiger partial charge in [-0.2, -0.15) is 0 Å². The van der Waals surface area contributed by atoms with Gasteiger partial charge in [0.15, 0.2) is 0 Å². The molecule has 0 bridgehead atoms. The number of benzene rings is 1. The molecule has 1 aliphatic rings. The van der Waals surface area contributed by atoms with Crippen molar-refractivity contribution in [3.63, 3.8) is 0 Å². The molecule has 8 heteroatoms. The molecule has 22 heavy (non-hydrogen) atoms. The minimum atomic E-state index is -3.77. The average Bonchev–Trinajstić information content (AvgIpc) is 2.55. The van der Waals surface area contributed by atoms with E-state index < -0.39 is 10.0 Å². The molecule has 2 aromatic rings. The van der Waals surface area contributed by atoms with E-state index in [1.54, 1.807) is 0 Å². The standard InChI is InChI=1S/C14H16N4O3S/c15-22(19,20)12-8-16-14(17-9-12)18-6-7-21-13(10-18)11-4-2-1-3-5-11/h1-5,8-9,13H,6-7,10H2,(H2,15,19,20). The molecule has 2 N–H and O–H groups in total. The van der Waals surface area contributed by atoms with Crippen LogP contribution in [-0.4, -0.2) is 38.1 Å². The van der Waals surface area contributed by atoms with Gasteiger partial charge in [0.25, 0.3) is 0 Å². The van der Waals surface area contributed by atoms with Crippen molar-refractivity contribution in [2.24, 2.45) is 5.14 Å². The highest BCUT2D eigenvalue weighted by Crippen LogP contribution is 2.24. The van der Waals surface area contributed by atoms with E-state index in [1.165, 1.54) is 12.4 Å². The van der Waals surface area contributed by atoms with Gasteiger partial charge in [0, 0.05) is 6.54 Å². The summed E-state index contributed by atoms with van der Waals surface area (Å²) in [4.78, 5) is 10.1. The summed E-state index contributed by atoms with van der Waals surface area (Å²) in [6.45, 7) is 1.82. The molecule has 1 aromatic heterocycles. The van der Waals surface area contributed by atoms with E-state index in [1.807, 2.05) is 35.2 Å². The molecule has 1 atom stereocenters. The lowest BCUT2D eigenvalue weighted by Gasteiger charge is -2.33. The second kappa shape index (κ2) is 5.99. The monoisotopic (exact) mass is 320 g/mol. The van der Waals surface area contributed by atoms with Gasteiger partial charge in [-0.25, -0.2) is 23.5 Å². The molecule has 0 aliphatic carbocycles. The van der Waals surface area contributed by atoms with Crippen LogP contribution in [0.5, 0.6) is 0 Å². The Morgan fingerprint density at radius 3 is 2.50 bits per heavy atom. The third-order valence-electron chi connectivity index (χ3n) is 3.46. The minimum Gasteiger partial charge on any atom is -0.370 e. The molecule has 0 saturated carbocycles. The minimum absolute atomic E-state index is 0.0588. The molecule has 7 nitrogen and oxygen atoms in total. The molecule has 0 amide bonds. The van der Waals surface area contributed by atoms with Gasteiger partial charge in [-0.3, -0.25) is 0 Å². The number of hydrogen-bond donors (Lipinski definition) is 1. The maximum atomic E-state index is 11.2. The van der Waals surface area contributed by atoms with Gasteiger partial charge < -0.3 is 9.64 Å². The number of aromatic nitrogens is 2. The first-order chi connectivity index (χ1) is 10.5. The zero-order valence-electron chi connectivity index (χ0n) is 11.8. The number of nitrogens with two attached hydrogens (primary N) is 1. The van der Waals surface area contributed by atoms with E-state index in [9.17, 15) is 8.42 Å². The first kappa shape index (κ1) is 14.9. The second-order valence-corrected chi connectivity index (χ2v) is 6.54. The molecule has 3 rings (SSSR count). The Bertz CT molecular complexity index is 734. The number of anilines is 1. The lowest BCUT2D eigenvalue weighted by molar-refractivity contribution is 0.0392. The number of sulfonamides is 1. The SMILES string of the molecule is NS(=O)(=O)c1cnc(N2CCOC(c3ccccc3)C2)nc1. The predicted octanol–water partition coefficient (Wildman–Crippen LogP) is 0.702. The largest absolute Gasteiger partial charge is 0.370 e. The average molecular weight is 320 g/mol. The van der Waals surface area contributed by atoms with Crippen molar-refractivity contribution >= 4 is 16.0 Å². The van der Waals surface area contributed by atoms with E-state index in [2.05, 4.69) is 9.97 Å². The van der Waals surface area contributed by atoms with Crippen LogP contribution >= 0.6 is 0 Å². The van der Waals surface area contributed by atoms with Crippen LogP contribution < -0.4 is 10.0 Å². The Morgan fingerprint density at radius 2 is 1.86 bits per heavy atom. The van der Waals surface area contributed by atoms with Gasteiger partial charge >= 0.3 is 0 Å². The number of morpholine rings is 1. The predicted molar refractivity (Wildman–Crippen MR) is 80.8 cm³/mol. The van der Waals surface area contributed by atoms with Gasteiger partial charge in [0.1, 0.15) is 11.0 Å². The first-order valence-electron chi connectivity index (χ1n) is 6.80. The lowest BCUT2D eigenvalue weighted by Crippen LogP contribution is -2.39. The smallest absolute Gasteiger partial charge is 0.241 e. The highest BCUT2D eigenvalue weighted by Gasteiger charge is 2.23. The Labute approximate surface area is 128 Å². The number of hydrogen-bond acceptors (Lipinski definition) is 6. The summed E-state index contributed by atoms with van der Waals surface area (Å²) in [7, 11) is -3.77. The molecule has 2 heterocycles. The summed E-state index contributed by atoms with van der Waals surface area (Å²) >= 11 is 0. The molecule has 1 aromatic carbocycles. The topological polar surface area (TPSA) is 98.4 Å². The summed E-state index contributed by atoms with van der Waals surface area (Å²) in [6.07, 6.45) is 2.39. The molecular formula is C14H16N4O3S. The van der Waals surface area contributed by atoms with Gasteiger partial charge in [0.05, 0.1) is 25.5 Å². The summed E-state index contributed by atoms with van der Waals surface area (Å²) in [5.41, 5.74) is 1.09. The summed E-state index contributed by atoms with van der Waals surface area (Å²) < 4.78 is 28.2. The van der Waals surface area contributed by atoms with Crippen LogP contribution in [0.3, 0.4) is 0 Å². The highest BCUT2D eigenvalue weighted by atomic mass is 32.2. The van der Waals surface area contributed by atoms with E-state index in [0.29, 0.717) is 25.6 Å². The molecule has 1 unspecified atom stereocenters. The van der Waals surface area contributed by atoms with Crippen molar-refractivity contribution in [3.8, 4) is 0 Å². The van der Waals surface area contributed by atoms with Gasteiger partial charge in [-0.1, -0.05) is 30.3 Å². The van der Waals surface area contributed by atoms with E-state index in [4.69, 9.17) is 9.88 Å². The van der Waals surface area contributed by atoms with E-state index in [-0.39, 0.29) is 11.0 Å². The summed E-state index contributed by atoms with van der Waals surface area (Å²) in [5, 5.41) is 5.04. The van der Waals surface area contributed by atoms with Crippen molar-refractivity contribution < 1.29 is 13.2 Å². The zero-order chi connectivity index (χ0) is 15.6. The molecule has 116 valence electrons. The fourth-order valence-corrected chi connectivity index (χ4v) is 2.72. The Hall–Kier alpha value is -2.03. The molecule has 0 spiro atoms.